The molecule has 1 heterocycles. The number of nitrogens with zero attached hydrogens (tertiary/aromatic N) is 1. The summed E-state index contributed by atoms with van der Waals surface area (Å²) < 4.78 is 0. The van der Waals surface area contributed by atoms with Gasteiger partial charge in [-0.25, -0.2) is 0 Å². The lowest BCUT2D eigenvalue weighted by Crippen LogP contribution is -2.42. The summed E-state index contributed by atoms with van der Waals surface area (Å²) in [4.78, 5) is 13.6. The van der Waals surface area contributed by atoms with E-state index in [0.717, 1.165) is 32.4 Å². The van der Waals surface area contributed by atoms with Crippen molar-refractivity contribution in [3.8, 4) is 0 Å². The minimum atomic E-state index is -0.280. The molecule has 1 aliphatic heterocycles. The van der Waals surface area contributed by atoms with Crippen LogP contribution in [0.15, 0.2) is 0 Å². The molecule has 0 saturated carbocycles. The van der Waals surface area contributed by atoms with E-state index in [1.807, 2.05) is 4.90 Å². The zero-order chi connectivity index (χ0) is 9.84. The van der Waals surface area contributed by atoms with Crippen molar-refractivity contribution in [1.82, 2.24) is 4.90 Å². The molecule has 1 atom stereocenters. The number of hydrogen-bond donors (Lipinski definition) is 1. The zero-order valence-electron chi connectivity index (χ0n) is 9.03. The topological polar surface area (TPSA) is 46.3 Å². The molecule has 0 spiro atoms. The monoisotopic (exact) mass is 220 g/mol. The van der Waals surface area contributed by atoms with Crippen molar-refractivity contribution in [1.29, 1.82) is 0 Å². The standard InChI is InChI=1S/C10H20N2O.ClH/c1-8(2)7-9(11)10(13)12-5-3-4-6-12;/h8-9H,3-7,11H2,1-2H3;1H. The number of nitrogens with two attached hydrogens (primary N) is 1. The Morgan fingerprint density at radius 2 is 1.86 bits per heavy atom. The Morgan fingerprint density at radius 3 is 2.29 bits per heavy atom. The van der Waals surface area contributed by atoms with Crippen LogP contribution < -0.4 is 5.73 Å². The van der Waals surface area contributed by atoms with Crippen molar-refractivity contribution in [2.75, 3.05) is 13.1 Å². The lowest BCUT2D eigenvalue weighted by Gasteiger charge is -2.21. The molecule has 14 heavy (non-hydrogen) atoms. The van der Waals surface area contributed by atoms with Gasteiger partial charge in [0.25, 0.3) is 0 Å². The smallest absolute Gasteiger partial charge is 0.239 e. The van der Waals surface area contributed by atoms with Gasteiger partial charge in [0, 0.05) is 13.1 Å². The average Bonchev–Trinajstić information content (AvgIpc) is 2.53. The largest absolute Gasteiger partial charge is 0.341 e. The Kier molecular flexibility index (Phi) is 6.12. The van der Waals surface area contributed by atoms with Gasteiger partial charge in [-0.2, -0.15) is 0 Å². The summed E-state index contributed by atoms with van der Waals surface area (Å²) in [7, 11) is 0. The summed E-state index contributed by atoms with van der Waals surface area (Å²) in [6.45, 7) is 6.00. The molecule has 1 saturated heterocycles. The third-order valence-electron chi connectivity index (χ3n) is 2.46. The van der Waals surface area contributed by atoms with E-state index >= 15 is 0 Å². The minimum Gasteiger partial charge on any atom is -0.341 e. The number of halogens is 1. The Labute approximate surface area is 92.4 Å². The van der Waals surface area contributed by atoms with Crippen LogP contribution in [0.3, 0.4) is 0 Å². The fourth-order valence-electron chi connectivity index (χ4n) is 1.78. The van der Waals surface area contributed by atoms with Crippen LogP contribution in [0.25, 0.3) is 0 Å². The van der Waals surface area contributed by atoms with E-state index in [9.17, 15) is 4.79 Å². The first-order chi connectivity index (χ1) is 6.11. The van der Waals surface area contributed by atoms with Crippen molar-refractivity contribution >= 4 is 18.3 Å². The molecule has 1 amide bonds. The molecule has 1 fully saturated rings. The van der Waals surface area contributed by atoms with Crippen LogP contribution in [0.1, 0.15) is 33.1 Å². The summed E-state index contributed by atoms with van der Waals surface area (Å²) in [5.74, 6) is 0.646. The molecule has 0 bridgehead atoms. The summed E-state index contributed by atoms with van der Waals surface area (Å²) in [5, 5.41) is 0. The lowest BCUT2D eigenvalue weighted by atomic mass is 10.0. The van der Waals surface area contributed by atoms with Gasteiger partial charge in [-0.3, -0.25) is 4.79 Å². The van der Waals surface area contributed by atoms with Crippen molar-refractivity contribution in [2.45, 2.75) is 39.2 Å². The Morgan fingerprint density at radius 1 is 1.36 bits per heavy atom. The van der Waals surface area contributed by atoms with Gasteiger partial charge in [0.15, 0.2) is 0 Å². The third-order valence-corrected chi connectivity index (χ3v) is 2.46. The first-order valence-corrected chi connectivity index (χ1v) is 5.15. The summed E-state index contributed by atoms with van der Waals surface area (Å²) >= 11 is 0. The number of carbonyl (C=O) groups excluding carboxylic acids is 1. The Balaban J connectivity index is 0.00000169. The zero-order valence-corrected chi connectivity index (χ0v) is 9.85. The second kappa shape index (κ2) is 6.25. The van der Waals surface area contributed by atoms with E-state index in [1.54, 1.807) is 0 Å². The number of amides is 1. The average molecular weight is 221 g/mol. The van der Waals surface area contributed by atoms with Crippen LogP contribution in [-0.2, 0) is 4.79 Å². The van der Waals surface area contributed by atoms with Gasteiger partial charge in [-0.05, 0) is 25.2 Å². The number of carbonyl (C=O) groups is 1. The number of hydrogen-bond acceptors (Lipinski definition) is 2. The predicted octanol–water partition coefficient (Wildman–Crippen LogP) is 1.40. The maximum absolute atomic E-state index is 11.7. The van der Waals surface area contributed by atoms with E-state index in [2.05, 4.69) is 13.8 Å². The molecular formula is C10H21ClN2O. The van der Waals surface area contributed by atoms with Gasteiger partial charge >= 0.3 is 0 Å². The fraction of sp³-hybridized carbons (Fsp3) is 0.900. The Hall–Kier alpha value is -0.280. The highest BCUT2D eigenvalue weighted by atomic mass is 35.5. The van der Waals surface area contributed by atoms with Crippen LogP contribution in [-0.4, -0.2) is 29.9 Å². The summed E-state index contributed by atoms with van der Waals surface area (Å²) in [6, 6.07) is -0.280. The number of rotatable bonds is 3. The van der Waals surface area contributed by atoms with Gasteiger partial charge in [0.05, 0.1) is 6.04 Å². The third kappa shape index (κ3) is 3.84. The van der Waals surface area contributed by atoms with Crippen LogP contribution >= 0.6 is 12.4 Å². The van der Waals surface area contributed by atoms with Gasteiger partial charge in [-0.15, -0.1) is 12.4 Å². The quantitative estimate of drug-likeness (QED) is 0.782. The lowest BCUT2D eigenvalue weighted by molar-refractivity contribution is -0.131. The second-order valence-corrected chi connectivity index (χ2v) is 4.27. The van der Waals surface area contributed by atoms with Gasteiger partial charge < -0.3 is 10.6 Å². The SMILES string of the molecule is CC(C)CC(N)C(=O)N1CCCC1.Cl. The molecular weight excluding hydrogens is 200 g/mol. The summed E-state index contributed by atoms with van der Waals surface area (Å²) in [6.07, 6.45) is 3.08. The van der Waals surface area contributed by atoms with Gasteiger partial charge in [0.1, 0.15) is 0 Å². The van der Waals surface area contributed by atoms with Crippen LogP contribution in [0.5, 0.6) is 0 Å². The van der Waals surface area contributed by atoms with E-state index in [1.165, 1.54) is 0 Å². The molecule has 0 aromatic rings. The molecule has 1 unspecified atom stereocenters. The summed E-state index contributed by atoms with van der Waals surface area (Å²) in [5.41, 5.74) is 5.81. The molecule has 4 heteroatoms. The maximum Gasteiger partial charge on any atom is 0.239 e. The molecule has 0 radical (unpaired) electrons. The molecule has 1 rings (SSSR count). The van der Waals surface area contributed by atoms with E-state index in [-0.39, 0.29) is 24.4 Å². The predicted molar refractivity (Wildman–Crippen MR) is 60.5 cm³/mol. The van der Waals surface area contributed by atoms with Crippen molar-refractivity contribution in [3.63, 3.8) is 0 Å². The van der Waals surface area contributed by atoms with Crippen molar-refractivity contribution in [2.24, 2.45) is 11.7 Å². The van der Waals surface area contributed by atoms with Gasteiger partial charge in [-0.1, -0.05) is 13.8 Å². The highest BCUT2D eigenvalue weighted by Gasteiger charge is 2.23. The number of likely N-dealkylation sites (tertiary alicyclic amines) is 1. The molecule has 2 N–H and O–H groups in total. The molecule has 1 aliphatic rings. The van der Waals surface area contributed by atoms with Crippen LogP contribution in [0.4, 0.5) is 0 Å². The fourth-order valence-corrected chi connectivity index (χ4v) is 1.78. The molecule has 84 valence electrons. The van der Waals surface area contributed by atoms with E-state index < -0.39 is 0 Å². The first kappa shape index (κ1) is 13.7. The molecule has 3 nitrogen and oxygen atoms in total. The van der Waals surface area contributed by atoms with E-state index in [4.69, 9.17) is 5.73 Å². The normalized spacial score (nSPS) is 18.1. The first-order valence-electron chi connectivity index (χ1n) is 5.15. The highest BCUT2D eigenvalue weighted by molar-refractivity contribution is 5.85. The highest BCUT2D eigenvalue weighted by Crippen LogP contribution is 2.11. The Bertz CT molecular complexity index is 179. The molecule has 0 aliphatic carbocycles. The minimum absolute atomic E-state index is 0. The maximum atomic E-state index is 11.7. The van der Waals surface area contributed by atoms with Crippen LogP contribution in [0, 0.1) is 5.92 Å². The molecule has 0 aromatic heterocycles. The van der Waals surface area contributed by atoms with Crippen molar-refractivity contribution < 1.29 is 4.79 Å². The molecule has 0 aromatic carbocycles. The van der Waals surface area contributed by atoms with E-state index in [0.29, 0.717) is 5.92 Å². The van der Waals surface area contributed by atoms with Gasteiger partial charge in [0.2, 0.25) is 5.91 Å². The second-order valence-electron chi connectivity index (χ2n) is 4.27. The van der Waals surface area contributed by atoms with Crippen molar-refractivity contribution in [3.05, 3.63) is 0 Å². The van der Waals surface area contributed by atoms with Crippen LogP contribution in [0.2, 0.25) is 0 Å².